The van der Waals surface area contributed by atoms with Crippen molar-refractivity contribution < 1.29 is 34.1 Å². The molecule has 2 fully saturated rings. The van der Waals surface area contributed by atoms with E-state index in [2.05, 4.69) is 9.64 Å². The molecule has 0 radical (unpaired) electrons. The fraction of sp³-hybridized carbons (Fsp3) is 0.632. The molecule has 0 aliphatic carbocycles. The first-order chi connectivity index (χ1) is 13.7. The summed E-state index contributed by atoms with van der Waals surface area (Å²) < 4.78 is 67.0. The number of rotatable bonds is 3. The monoisotopic (exact) mass is 462 g/mol. The van der Waals surface area contributed by atoms with Gasteiger partial charge < -0.3 is 9.84 Å². The number of fused-ring (bicyclic) bond motifs is 1. The molecular weight excluding hydrogens is 431 g/mol. The lowest BCUT2D eigenvalue weighted by Crippen LogP contribution is -2.41. The van der Waals surface area contributed by atoms with Gasteiger partial charge in [-0.05, 0) is 57.0 Å². The SMILES string of the molecule is CC.COC(=O)N(C)c1cccc(S(F)(F)(F)(F)F)c1.OCC12CCCN1CCC2. The molecule has 2 aliphatic heterocycles. The largest absolute Gasteiger partial charge is 0.452 e. The molecule has 1 aromatic rings. The normalized spacial score (nSPS) is 19.8. The number of anilines is 1. The predicted molar refractivity (Wildman–Crippen MR) is 110 cm³/mol. The van der Waals surface area contributed by atoms with Crippen molar-refractivity contribution in [1.29, 1.82) is 0 Å². The molecule has 1 N–H and O–H groups in total. The van der Waals surface area contributed by atoms with Crippen LogP contribution in [0.2, 0.25) is 0 Å². The molecule has 30 heavy (non-hydrogen) atoms. The predicted octanol–water partition coefficient (Wildman–Crippen LogP) is 6.18. The van der Waals surface area contributed by atoms with Crippen molar-refractivity contribution in [3.05, 3.63) is 24.3 Å². The summed E-state index contributed by atoms with van der Waals surface area (Å²) >= 11 is 0. The second-order valence-corrected chi connectivity index (χ2v) is 9.48. The third-order valence-electron chi connectivity index (χ3n) is 5.20. The molecule has 1 amide bonds. The Morgan fingerprint density at radius 1 is 1.17 bits per heavy atom. The van der Waals surface area contributed by atoms with E-state index in [4.69, 9.17) is 0 Å². The number of halogens is 5. The number of methoxy groups -OCH3 is 1. The summed E-state index contributed by atoms with van der Waals surface area (Å²) in [6.07, 6.45) is 4.07. The third kappa shape index (κ3) is 6.45. The van der Waals surface area contributed by atoms with Gasteiger partial charge >= 0.3 is 16.3 Å². The summed E-state index contributed by atoms with van der Waals surface area (Å²) in [6, 6.07) is 2.35. The Morgan fingerprint density at radius 3 is 2.10 bits per heavy atom. The van der Waals surface area contributed by atoms with Gasteiger partial charge in [0.2, 0.25) is 0 Å². The minimum absolute atomic E-state index is 0.207. The van der Waals surface area contributed by atoms with Gasteiger partial charge in [-0.2, -0.15) is 0 Å². The van der Waals surface area contributed by atoms with Gasteiger partial charge in [0.15, 0.2) is 0 Å². The van der Waals surface area contributed by atoms with Gasteiger partial charge in [0.25, 0.3) is 0 Å². The minimum Gasteiger partial charge on any atom is -0.452 e. The van der Waals surface area contributed by atoms with Crippen molar-refractivity contribution in [2.45, 2.75) is 50.0 Å². The second-order valence-electron chi connectivity index (χ2n) is 7.07. The summed E-state index contributed by atoms with van der Waals surface area (Å²) in [7, 11) is -7.61. The molecule has 0 unspecified atom stereocenters. The molecule has 0 atom stereocenters. The molecule has 3 rings (SSSR count). The Balaban J connectivity index is 0.000000313. The van der Waals surface area contributed by atoms with E-state index in [1.54, 1.807) is 0 Å². The number of amides is 1. The van der Waals surface area contributed by atoms with Crippen molar-refractivity contribution in [1.82, 2.24) is 4.90 Å². The zero-order chi connectivity index (χ0) is 23.3. The highest BCUT2D eigenvalue weighted by Crippen LogP contribution is 3.02. The Hall–Kier alpha value is -1.59. The summed E-state index contributed by atoms with van der Waals surface area (Å²) in [5, 5.41) is 9.19. The summed E-state index contributed by atoms with van der Waals surface area (Å²) in [4.78, 5) is 12.2. The maximum absolute atomic E-state index is 12.5. The number of hydrogen-bond acceptors (Lipinski definition) is 4. The van der Waals surface area contributed by atoms with Crippen LogP contribution in [0.5, 0.6) is 0 Å². The number of carbonyl (C=O) groups is 1. The molecule has 2 aliphatic rings. The summed E-state index contributed by atoms with van der Waals surface area (Å²) in [5.41, 5.74) is -0.104. The molecule has 0 aromatic heterocycles. The smallest absolute Gasteiger partial charge is 0.413 e. The number of aliphatic hydroxyl groups is 1. The molecule has 5 nitrogen and oxygen atoms in total. The number of nitrogens with zero attached hydrogens (tertiary/aromatic N) is 2. The van der Waals surface area contributed by atoms with E-state index in [9.17, 15) is 29.3 Å². The van der Waals surface area contributed by atoms with E-state index in [-0.39, 0.29) is 23.4 Å². The van der Waals surface area contributed by atoms with Gasteiger partial charge in [-0.15, -0.1) is 0 Å². The Labute approximate surface area is 174 Å². The first kappa shape index (κ1) is 26.4. The van der Waals surface area contributed by atoms with Crippen LogP contribution >= 0.6 is 10.2 Å². The Bertz CT molecular complexity index is 721. The number of benzene rings is 1. The maximum Gasteiger partial charge on any atom is 0.413 e. The first-order valence-corrected chi connectivity index (χ1v) is 11.7. The number of hydrogen-bond donors (Lipinski definition) is 1. The van der Waals surface area contributed by atoms with Crippen LogP contribution in [0.3, 0.4) is 0 Å². The lowest BCUT2D eigenvalue weighted by Gasteiger charge is -2.40. The molecule has 2 heterocycles. The molecular formula is C19H31F5N2O3S. The summed E-state index contributed by atoms with van der Waals surface area (Å²) in [6.45, 7) is 6.83. The van der Waals surface area contributed by atoms with Crippen LogP contribution in [0.1, 0.15) is 39.5 Å². The van der Waals surface area contributed by atoms with Gasteiger partial charge in [-0.3, -0.25) is 9.80 Å². The highest BCUT2D eigenvalue weighted by molar-refractivity contribution is 8.45. The van der Waals surface area contributed by atoms with Gasteiger partial charge in [0.05, 0.1) is 13.7 Å². The van der Waals surface area contributed by atoms with E-state index < -0.39 is 21.2 Å². The van der Waals surface area contributed by atoms with Crippen LogP contribution in [0.4, 0.5) is 29.9 Å². The fourth-order valence-electron chi connectivity index (χ4n) is 3.66. The lowest BCUT2D eigenvalue weighted by atomic mass is 9.96. The average molecular weight is 463 g/mol. The van der Waals surface area contributed by atoms with Crippen molar-refractivity contribution >= 4 is 22.0 Å². The highest BCUT2D eigenvalue weighted by Gasteiger charge is 2.65. The standard InChI is InChI=1S/C9H10F5NO2S.C8H15NO.C2H6/c1-15(9(16)17-2)7-4-3-5-8(6-7)18(10,11,12,13)14;10-7-8-3-1-5-9(8)6-2-4-8;1-2/h3-6H,1-2H3;10H,1-7H2;1-2H3. The zero-order valence-corrected chi connectivity index (χ0v) is 18.5. The van der Waals surface area contributed by atoms with E-state index >= 15 is 0 Å². The number of aliphatic hydroxyl groups excluding tert-OH is 1. The van der Waals surface area contributed by atoms with Crippen LogP contribution < -0.4 is 4.90 Å². The van der Waals surface area contributed by atoms with Crippen LogP contribution in [0.25, 0.3) is 0 Å². The topological polar surface area (TPSA) is 53.0 Å². The van der Waals surface area contributed by atoms with Crippen molar-refractivity contribution in [2.24, 2.45) is 0 Å². The quantitative estimate of drug-likeness (QED) is 0.545. The van der Waals surface area contributed by atoms with Gasteiger partial charge in [0.1, 0.15) is 4.90 Å². The zero-order valence-electron chi connectivity index (χ0n) is 17.7. The van der Waals surface area contributed by atoms with E-state index in [1.807, 2.05) is 13.8 Å². The molecule has 2 saturated heterocycles. The molecule has 176 valence electrons. The van der Waals surface area contributed by atoms with Crippen LogP contribution in [-0.4, -0.2) is 55.5 Å². The van der Waals surface area contributed by atoms with Gasteiger partial charge in [0, 0.05) is 18.3 Å². The van der Waals surface area contributed by atoms with E-state index in [0.717, 1.165) is 26.3 Å². The maximum atomic E-state index is 12.5. The summed E-state index contributed by atoms with van der Waals surface area (Å²) in [5.74, 6) is 0. The molecule has 0 spiro atoms. The number of carbonyl (C=O) groups excluding carboxylic acids is 1. The van der Waals surface area contributed by atoms with Crippen molar-refractivity contribution in [3.8, 4) is 0 Å². The highest BCUT2D eigenvalue weighted by atomic mass is 32.5. The molecule has 0 saturated carbocycles. The fourth-order valence-corrected chi connectivity index (χ4v) is 4.34. The van der Waals surface area contributed by atoms with E-state index in [1.165, 1.54) is 38.8 Å². The Kier molecular flexibility index (Phi) is 7.82. The van der Waals surface area contributed by atoms with Crippen molar-refractivity contribution in [2.75, 3.05) is 38.8 Å². The third-order valence-corrected chi connectivity index (χ3v) is 6.35. The average Bonchev–Trinajstić information content (AvgIpc) is 3.28. The minimum atomic E-state index is -9.74. The Morgan fingerprint density at radius 2 is 1.70 bits per heavy atom. The van der Waals surface area contributed by atoms with Crippen LogP contribution in [-0.2, 0) is 4.74 Å². The lowest BCUT2D eigenvalue weighted by molar-refractivity contribution is 0.0999. The molecule has 1 aromatic carbocycles. The van der Waals surface area contributed by atoms with Crippen LogP contribution in [0, 0.1) is 0 Å². The van der Waals surface area contributed by atoms with Gasteiger partial charge in [-0.25, -0.2) is 4.79 Å². The van der Waals surface area contributed by atoms with Gasteiger partial charge in [-0.1, -0.05) is 39.3 Å². The number of ether oxygens (including phenoxy) is 1. The second kappa shape index (κ2) is 8.88. The van der Waals surface area contributed by atoms with E-state index in [0.29, 0.717) is 11.5 Å². The molecule has 0 bridgehead atoms. The molecule has 11 heteroatoms. The first-order valence-electron chi connectivity index (χ1n) is 9.74. The van der Waals surface area contributed by atoms with Crippen molar-refractivity contribution in [3.63, 3.8) is 0 Å². The van der Waals surface area contributed by atoms with Crippen LogP contribution in [0.15, 0.2) is 29.2 Å².